The van der Waals surface area contributed by atoms with E-state index in [4.69, 9.17) is 4.74 Å². The van der Waals surface area contributed by atoms with E-state index >= 15 is 0 Å². The van der Waals surface area contributed by atoms with E-state index in [0.717, 1.165) is 16.3 Å². The van der Waals surface area contributed by atoms with Crippen LogP contribution < -0.4 is 4.74 Å². The van der Waals surface area contributed by atoms with Gasteiger partial charge in [0.05, 0.1) is 0 Å². The molecule has 106 valence electrons. The molecule has 21 heavy (non-hydrogen) atoms. The molecule has 0 aliphatic carbocycles. The molecule has 0 fully saturated rings. The second kappa shape index (κ2) is 5.58. The fourth-order valence-electron chi connectivity index (χ4n) is 2.50. The van der Waals surface area contributed by atoms with Gasteiger partial charge in [-0.3, -0.25) is 0 Å². The summed E-state index contributed by atoms with van der Waals surface area (Å²) in [7, 11) is 0. The second-order valence-electron chi connectivity index (χ2n) is 5.08. The Hall–Kier alpha value is -2.32. The lowest BCUT2D eigenvalue weighted by molar-refractivity contribution is -0.147. The van der Waals surface area contributed by atoms with Crippen LogP contribution in [0.15, 0.2) is 72.8 Å². The van der Waals surface area contributed by atoms with Crippen molar-refractivity contribution in [3.8, 4) is 5.75 Å². The van der Waals surface area contributed by atoms with Gasteiger partial charge >= 0.3 is 0 Å². The minimum Gasteiger partial charge on any atom is -0.458 e. The highest BCUT2D eigenvalue weighted by Gasteiger charge is 2.29. The number of hydrogen-bond donors (Lipinski definition) is 1. The Morgan fingerprint density at radius 1 is 0.857 bits per heavy atom. The average Bonchev–Trinajstić information content (AvgIpc) is 2.56. The number of aliphatic hydroxyl groups is 1. The molecule has 0 aliphatic heterocycles. The summed E-state index contributed by atoms with van der Waals surface area (Å²) in [6.45, 7) is 1.91. The van der Waals surface area contributed by atoms with Gasteiger partial charge in [0, 0.05) is 17.4 Å². The zero-order chi connectivity index (χ0) is 14.7. The zero-order valence-electron chi connectivity index (χ0n) is 12.0. The lowest BCUT2D eigenvalue weighted by Gasteiger charge is -2.29. The van der Waals surface area contributed by atoms with Gasteiger partial charge in [-0.25, -0.2) is 0 Å². The average molecular weight is 278 g/mol. The van der Waals surface area contributed by atoms with Crippen molar-refractivity contribution < 1.29 is 9.84 Å². The van der Waals surface area contributed by atoms with Crippen LogP contribution in [0.1, 0.15) is 18.9 Å². The summed E-state index contributed by atoms with van der Waals surface area (Å²) in [6.07, 6.45) is 0.472. The predicted octanol–water partition coefficient (Wildman–Crippen LogP) is 4.47. The molecule has 2 nitrogen and oxygen atoms in total. The van der Waals surface area contributed by atoms with Crippen LogP contribution in [0.25, 0.3) is 10.8 Å². The Labute approximate surface area is 124 Å². The maximum Gasteiger partial charge on any atom is 0.234 e. The maximum absolute atomic E-state index is 10.9. The second-order valence-corrected chi connectivity index (χ2v) is 5.08. The van der Waals surface area contributed by atoms with Gasteiger partial charge in [0.1, 0.15) is 5.75 Å². The van der Waals surface area contributed by atoms with Gasteiger partial charge in [-0.15, -0.1) is 0 Å². The van der Waals surface area contributed by atoms with E-state index in [0.29, 0.717) is 12.2 Å². The third-order valence-electron chi connectivity index (χ3n) is 3.73. The monoisotopic (exact) mass is 278 g/mol. The molecule has 0 saturated heterocycles. The first-order valence-electron chi connectivity index (χ1n) is 7.17. The Morgan fingerprint density at radius 3 is 2.29 bits per heavy atom. The molecule has 3 rings (SSSR count). The van der Waals surface area contributed by atoms with Gasteiger partial charge in [0.25, 0.3) is 0 Å². The number of hydrogen-bond acceptors (Lipinski definition) is 2. The maximum atomic E-state index is 10.9. The molecule has 0 radical (unpaired) electrons. The Balaban J connectivity index is 2.04. The summed E-state index contributed by atoms with van der Waals surface area (Å²) in [4.78, 5) is 0. The van der Waals surface area contributed by atoms with Crippen molar-refractivity contribution in [3.63, 3.8) is 0 Å². The lowest BCUT2D eigenvalue weighted by Crippen LogP contribution is -2.32. The van der Waals surface area contributed by atoms with Crippen LogP contribution in [0, 0.1) is 0 Å². The highest BCUT2D eigenvalue weighted by atomic mass is 16.6. The molecular formula is C19H18O2. The van der Waals surface area contributed by atoms with E-state index in [1.807, 2.05) is 79.7 Å². The Morgan fingerprint density at radius 2 is 1.52 bits per heavy atom. The van der Waals surface area contributed by atoms with Gasteiger partial charge in [0.2, 0.25) is 5.79 Å². The quantitative estimate of drug-likeness (QED) is 0.713. The van der Waals surface area contributed by atoms with E-state index in [1.165, 1.54) is 0 Å². The van der Waals surface area contributed by atoms with Crippen LogP contribution in [0.3, 0.4) is 0 Å². The molecule has 0 aromatic heterocycles. The van der Waals surface area contributed by atoms with Crippen molar-refractivity contribution in [2.45, 2.75) is 19.1 Å². The van der Waals surface area contributed by atoms with Crippen molar-refractivity contribution in [3.05, 3.63) is 78.4 Å². The number of benzene rings is 3. The topological polar surface area (TPSA) is 29.5 Å². The van der Waals surface area contributed by atoms with Crippen molar-refractivity contribution in [1.82, 2.24) is 0 Å². The molecule has 0 spiro atoms. The first kappa shape index (κ1) is 13.7. The van der Waals surface area contributed by atoms with Crippen molar-refractivity contribution >= 4 is 10.8 Å². The molecule has 3 aromatic carbocycles. The van der Waals surface area contributed by atoms with Crippen molar-refractivity contribution in [2.24, 2.45) is 0 Å². The molecule has 0 aliphatic rings. The highest BCUT2D eigenvalue weighted by Crippen LogP contribution is 2.33. The van der Waals surface area contributed by atoms with E-state index in [-0.39, 0.29) is 0 Å². The third-order valence-corrected chi connectivity index (χ3v) is 3.73. The van der Waals surface area contributed by atoms with E-state index < -0.39 is 5.79 Å². The highest BCUT2D eigenvalue weighted by molar-refractivity contribution is 5.88. The molecule has 0 bridgehead atoms. The zero-order valence-corrected chi connectivity index (χ0v) is 12.0. The number of fused-ring (bicyclic) bond motifs is 1. The third kappa shape index (κ3) is 2.63. The first-order valence-corrected chi connectivity index (χ1v) is 7.17. The normalized spacial score (nSPS) is 13.8. The Bertz CT molecular complexity index is 731. The van der Waals surface area contributed by atoms with Crippen LogP contribution in [0.2, 0.25) is 0 Å². The molecule has 1 unspecified atom stereocenters. The van der Waals surface area contributed by atoms with Gasteiger partial charge in [-0.05, 0) is 11.5 Å². The molecule has 1 atom stereocenters. The van der Waals surface area contributed by atoms with Crippen LogP contribution in [-0.2, 0) is 5.79 Å². The Kier molecular flexibility index (Phi) is 3.63. The SMILES string of the molecule is CCC(O)(Oc1cccc2ccccc12)c1ccccc1. The predicted molar refractivity (Wildman–Crippen MR) is 85.2 cm³/mol. The minimum atomic E-state index is -1.31. The van der Waals surface area contributed by atoms with E-state index in [2.05, 4.69) is 0 Å². The van der Waals surface area contributed by atoms with Crippen LogP contribution in [-0.4, -0.2) is 5.11 Å². The summed E-state index contributed by atoms with van der Waals surface area (Å²) in [6, 6.07) is 23.4. The summed E-state index contributed by atoms with van der Waals surface area (Å²) in [5.74, 6) is -0.618. The van der Waals surface area contributed by atoms with Crippen LogP contribution >= 0.6 is 0 Å². The van der Waals surface area contributed by atoms with Crippen LogP contribution in [0.4, 0.5) is 0 Å². The molecule has 3 aromatic rings. The molecular weight excluding hydrogens is 260 g/mol. The number of ether oxygens (including phenoxy) is 1. The largest absolute Gasteiger partial charge is 0.458 e. The minimum absolute atomic E-state index is 0.472. The fourth-order valence-corrected chi connectivity index (χ4v) is 2.50. The van der Waals surface area contributed by atoms with Gasteiger partial charge in [-0.1, -0.05) is 73.7 Å². The van der Waals surface area contributed by atoms with Gasteiger partial charge < -0.3 is 9.84 Å². The summed E-state index contributed by atoms with van der Waals surface area (Å²) in [5, 5.41) is 13.0. The van der Waals surface area contributed by atoms with Gasteiger partial charge in [0.15, 0.2) is 0 Å². The summed E-state index contributed by atoms with van der Waals surface area (Å²) in [5.41, 5.74) is 0.764. The summed E-state index contributed by atoms with van der Waals surface area (Å²) < 4.78 is 6.01. The van der Waals surface area contributed by atoms with Crippen molar-refractivity contribution in [2.75, 3.05) is 0 Å². The lowest BCUT2D eigenvalue weighted by atomic mass is 10.0. The van der Waals surface area contributed by atoms with Crippen LogP contribution in [0.5, 0.6) is 5.75 Å². The van der Waals surface area contributed by atoms with E-state index in [9.17, 15) is 5.11 Å². The van der Waals surface area contributed by atoms with E-state index in [1.54, 1.807) is 0 Å². The molecule has 0 saturated carbocycles. The molecule has 2 heteroatoms. The molecule has 0 heterocycles. The summed E-state index contributed by atoms with van der Waals surface area (Å²) >= 11 is 0. The standard InChI is InChI=1S/C19H18O2/c1-2-19(20,16-11-4-3-5-12-16)21-18-14-8-10-15-9-6-7-13-17(15)18/h3-14,20H,2H2,1H3. The first-order chi connectivity index (χ1) is 10.2. The molecule has 1 N–H and O–H groups in total. The number of rotatable bonds is 4. The molecule has 0 amide bonds. The fraction of sp³-hybridized carbons (Fsp3) is 0.158. The van der Waals surface area contributed by atoms with Crippen molar-refractivity contribution in [1.29, 1.82) is 0 Å². The smallest absolute Gasteiger partial charge is 0.234 e. The van der Waals surface area contributed by atoms with Gasteiger partial charge in [-0.2, -0.15) is 0 Å².